The Balaban J connectivity index is 1.35. The Labute approximate surface area is 170 Å². The summed E-state index contributed by atoms with van der Waals surface area (Å²) in [5.41, 5.74) is 3.22. The van der Waals surface area contributed by atoms with Crippen molar-refractivity contribution in [3.63, 3.8) is 0 Å². The van der Waals surface area contributed by atoms with Crippen LogP contribution in [0.2, 0.25) is 0 Å². The molecule has 0 unspecified atom stereocenters. The number of hydrogen-bond acceptors (Lipinski definition) is 3. The maximum absolute atomic E-state index is 12.5. The van der Waals surface area contributed by atoms with Crippen LogP contribution in [0.15, 0.2) is 67.0 Å². The molecule has 6 nitrogen and oxygen atoms in total. The van der Waals surface area contributed by atoms with Crippen molar-refractivity contribution in [2.45, 2.75) is 25.9 Å². The first kappa shape index (κ1) is 18.9. The zero-order valence-corrected chi connectivity index (χ0v) is 16.3. The minimum atomic E-state index is -0.180. The molecule has 0 radical (unpaired) electrons. The lowest BCUT2D eigenvalue weighted by Crippen LogP contribution is -2.28. The quantitative estimate of drug-likeness (QED) is 0.706. The summed E-state index contributed by atoms with van der Waals surface area (Å²) < 4.78 is 1.75. The molecule has 0 aliphatic carbocycles. The van der Waals surface area contributed by atoms with Crippen LogP contribution in [0.5, 0.6) is 0 Å². The molecule has 2 heterocycles. The van der Waals surface area contributed by atoms with Crippen LogP contribution in [-0.4, -0.2) is 39.6 Å². The van der Waals surface area contributed by atoms with Crippen LogP contribution in [0.1, 0.15) is 44.7 Å². The molecule has 0 atom stereocenters. The minimum Gasteiger partial charge on any atom is -0.348 e. The summed E-state index contributed by atoms with van der Waals surface area (Å²) in [6.45, 7) is 2.64. The lowest BCUT2D eigenvalue weighted by atomic mass is 10.1. The Morgan fingerprint density at radius 2 is 1.69 bits per heavy atom. The van der Waals surface area contributed by atoms with Gasteiger partial charge in [-0.3, -0.25) is 14.3 Å². The minimum absolute atomic E-state index is 0.0675. The maximum Gasteiger partial charge on any atom is 0.254 e. The molecule has 0 saturated carbocycles. The van der Waals surface area contributed by atoms with Gasteiger partial charge in [0.25, 0.3) is 11.8 Å². The molecule has 1 aliphatic heterocycles. The molecule has 0 bridgehead atoms. The monoisotopic (exact) mass is 388 g/mol. The zero-order valence-electron chi connectivity index (χ0n) is 16.3. The number of benzene rings is 2. The van der Waals surface area contributed by atoms with Crippen molar-refractivity contribution in [2.24, 2.45) is 0 Å². The Bertz CT molecular complexity index is 991. The highest BCUT2D eigenvalue weighted by Gasteiger charge is 2.19. The summed E-state index contributed by atoms with van der Waals surface area (Å²) in [6, 6.07) is 17.5. The standard InChI is InChI=1S/C23H24N4O2/c28-22(21-15-25-27(17-21)16-18-7-2-1-3-8-18)24-14-19-9-6-10-20(13-19)23(29)26-11-4-5-12-26/h1-3,6-10,13,15,17H,4-5,11-12,14,16H2,(H,24,28). The lowest BCUT2D eigenvalue weighted by Gasteiger charge is -2.15. The van der Waals surface area contributed by atoms with Gasteiger partial charge in [-0.25, -0.2) is 0 Å². The third-order valence-electron chi connectivity index (χ3n) is 5.10. The van der Waals surface area contributed by atoms with Gasteiger partial charge in [-0.05, 0) is 36.1 Å². The van der Waals surface area contributed by atoms with Gasteiger partial charge in [-0.2, -0.15) is 5.10 Å². The highest BCUT2D eigenvalue weighted by Crippen LogP contribution is 2.14. The summed E-state index contributed by atoms with van der Waals surface area (Å²) >= 11 is 0. The van der Waals surface area contributed by atoms with E-state index >= 15 is 0 Å². The number of carbonyl (C=O) groups excluding carboxylic acids is 2. The highest BCUT2D eigenvalue weighted by atomic mass is 16.2. The fourth-order valence-corrected chi connectivity index (χ4v) is 3.54. The van der Waals surface area contributed by atoms with E-state index < -0.39 is 0 Å². The van der Waals surface area contributed by atoms with E-state index in [1.165, 1.54) is 0 Å². The summed E-state index contributed by atoms with van der Waals surface area (Å²) in [6.07, 6.45) is 5.46. The number of rotatable bonds is 6. The van der Waals surface area contributed by atoms with Crippen molar-refractivity contribution in [1.82, 2.24) is 20.0 Å². The zero-order chi connectivity index (χ0) is 20.1. The number of amides is 2. The van der Waals surface area contributed by atoms with Gasteiger partial charge in [0, 0.05) is 31.4 Å². The van der Waals surface area contributed by atoms with Gasteiger partial charge in [0.15, 0.2) is 0 Å². The average Bonchev–Trinajstić information content (AvgIpc) is 3.45. The van der Waals surface area contributed by atoms with Crippen molar-refractivity contribution >= 4 is 11.8 Å². The number of aromatic nitrogens is 2. The van der Waals surface area contributed by atoms with Gasteiger partial charge in [0.2, 0.25) is 0 Å². The van der Waals surface area contributed by atoms with Gasteiger partial charge in [-0.1, -0.05) is 42.5 Å². The average molecular weight is 388 g/mol. The lowest BCUT2D eigenvalue weighted by molar-refractivity contribution is 0.0792. The first-order valence-corrected chi connectivity index (χ1v) is 9.92. The van der Waals surface area contributed by atoms with Crippen molar-refractivity contribution in [1.29, 1.82) is 0 Å². The number of hydrogen-bond donors (Lipinski definition) is 1. The molecule has 6 heteroatoms. The molecule has 1 aliphatic rings. The third-order valence-corrected chi connectivity index (χ3v) is 5.10. The molecule has 1 fully saturated rings. The molecule has 29 heavy (non-hydrogen) atoms. The van der Waals surface area contributed by atoms with Gasteiger partial charge in [0.1, 0.15) is 0 Å². The largest absolute Gasteiger partial charge is 0.348 e. The number of nitrogens with zero attached hydrogens (tertiary/aromatic N) is 3. The van der Waals surface area contributed by atoms with Crippen molar-refractivity contribution in [3.8, 4) is 0 Å². The van der Waals surface area contributed by atoms with Crippen LogP contribution in [0.3, 0.4) is 0 Å². The number of nitrogens with one attached hydrogen (secondary N) is 1. The molecule has 2 aromatic carbocycles. The Kier molecular flexibility index (Phi) is 5.70. The predicted molar refractivity (Wildman–Crippen MR) is 111 cm³/mol. The number of likely N-dealkylation sites (tertiary alicyclic amines) is 1. The van der Waals surface area contributed by atoms with Crippen LogP contribution >= 0.6 is 0 Å². The molecule has 1 N–H and O–H groups in total. The van der Waals surface area contributed by atoms with Crippen LogP contribution in [0.25, 0.3) is 0 Å². The molecule has 148 valence electrons. The van der Waals surface area contributed by atoms with Crippen LogP contribution in [-0.2, 0) is 13.1 Å². The van der Waals surface area contributed by atoms with E-state index in [0.29, 0.717) is 24.2 Å². The van der Waals surface area contributed by atoms with Crippen molar-refractivity contribution in [2.75, 3.05) is 13.1 Å². The SMILES string of the molecule is O=C(NCc1cccc(C(=O)N2CCCC2)c1)c1cnn(Cc2ccccc2)c1. The first-order chi connectivity index (χ1) is 14.2. The fraction of sp³-hybridized carbons (Fsp3) is 0.261. The van der Waals surface area contributed by atoms with Crippen molar-refractivity contribution in [3.05, 3.63) is 89.2 Å². The molecule has 1 saturated heterocycles. The van der Waals surface area contributed by atoms with Gasteiger partial charge in [-0.15, -0.1) is 0 Å². The fourth-order valence-electron chi connectivity index (χ4n) is 3.54. The molecule has 0 spiro atoms. The number of carbonyl (C=O) groups is 2. The Hall–Kier alpha value is -3.41. The van der Waals surface area contributed by atoms with Crippen LogP contribution < -0.4 is 5.32 Å². The molecule has 3 aromatic rings. The molecule has 1 aromatic heterocycles. The van der Waals surface area contributed by atoms with Crippen LogP contribution in [0, 0.1) is 0 Å². The van der Waals surface area contributed by atoms with E-state index in [4.69, 9.17) is 0 Å². The third kappa shape index (κ3) is 4.71. The maximum atomic E-state index is 12.5. The smallest absolute Gasteiger partial charge is 0.254 e. The van der Waals surface area contributed by atoms with E-state index in [-0.39, 0.29) is 11.8 Å². The van der Waals surface area contributed by atoms with E-state index in [9.17, 15) is 9.59 Å². The molecular weight excluding hydrogens is 364 g/mol. The van der Waals surface area contributed by atoms with Gasteiger partial charge < -0.3 is 10.2 Å². The highest BCUT2D eigenvalue weighted by molar-refractivity contribution is 5.95. The summed E-state index contributed by atoms with van der Waals surface area (Å²) in [4.78, 5) is 26.9. The van der Waals surface area contributed by atoms with Gasteiger partial charge >= 0.3 is 0 Å². The second kappa shape index (κ2) is 8.73. The van der Waals surface area contributed by atoms with Crippen molar-refractivity contribution < 1.29 is 9.59 Å². The summed E-state index contributed by atoms with van der Waals surface area (Å²) in [5.74, 6) is -0.113. The van der Waals surface area contributed by atoms with Gasteiger partial charge in [0.05, 0.1) is 18.3 Å². The van der Waals surface area contributed by atoms with E-state index in [1.54, 1.807) is 17.1 Å². The first-order valence-electron chi connectivity index (χ1n) is 9.92. The summed E-state index contributed by atoms with van der Waals surface area (Å²) in [5, 5.41) is 7.19. The predicted octanol–water partition coefficient (Wildman–Crippen LogP) is 3.10. The van der Waals surface area contributed by atoms with Crippen LogP contribution in [0.4, 0.5) is 0 Å². The topological polar surface area (TPSA) is 67.2 Å². The summed E-state index contributed by atoms with van der Waals surface area (Å²) in [7, 11) is 0. The Morgan fingerprint density at radius 1 is 0.931 bits per heavy atom. The second-order valence-electron chi connectivity index (χ2n) is 7.29. The molecular formula is C23H24N4O2. The Morgan fingerprint density at radius 3 is 2.48 bits per heavy atom. The van der Waals surface area contributed by atoms with E-state index in [0.717, 1.165) is 37.1 Å². The molecule has 2 amide bonds. The van der Waals surface area contributed by atoms with E-state index in [1.807, 2.05) is 59.5 Å². The molecule has 4 rings (SSSR count). The second-order valence-corrected chi connectivity index (χ2v) is 7.29. The van der Waals surface area contributed by atoms with E-state index in [2.05, 4.69) is 10.4 Å². The normalized spacial score (nSPS) is 13.4.